The summed E-state index contributed by atoms with van der Waals surface area (Å²) in [5.74, 6) is 0.768. The largest absolute Gasteiger partial charge is 0.497 e. The number of methoxy groups -OCH3 is 1. The van der Waals surface area contributed by atoms with Crippen molar-refractivity contribution in [3.63, 3.8) is 0 Å². The topological polar surface area (TPSA) is 85.1 Å². The fourth-order valence-corrected chi connectivity index (χ4v) is 5.46. The molecule has 0 bridgehead atoms. The number of fused-ring (bicyclic) bond motifs is 1. The quantitative estimate of drug-likeness (QED) is 0.501. The molecule has 2 aliphatic rings. The number of hydrogen-bond donors (Lipinski definition) is 1. The van der Waals surface area contributed by atoms with Gasteiger partial charge in [-0.2, -0.15) is 0 Å². The lowest BCUT2D eigenvalue weighted by molar-refractivity contribution is -0.124. The van der Waals surface area contributed by atoms with Crippen LogP contribution in [0, 0.1) is 5.92 Å². The van der Waals surface area contributed by atoms with E-state index in [0.717, 1.165) is 55.9 Å². The van der Waals surface area contributed by atoms with Gasteiger partial charge in [0.2, 0.25) is 11.8 Å². The van der Waals surface area contributed by atoms with E-state index < -0.39 is 11.8 Å². The number of benzene rings is 2. The van der Waals surface area contributed by atoms with Crippen LogP contribution in [-0.2, 0) is 9.59 Å². The second kappa shape index (κ2) is 11.5. The third-order valence-corrected chi connectivity index (χ3v) is 7.64. The van der Waals surface area contributed by atoms with Crippen LogP contribution in [-0.4, -0.2) is 55.6 Å². The average molecular weight is 514 g/mol. The normalized spacial score (nSPS) is 19.4. The van der Waals surface area contributed by atoms with E-state index in [1.165, 1.54) is 0 Å². The molecule has 0 aromatic heterocycles. The first-order valence-corrected chi connectivity index (χ1v) is 13.1. The number of carbonyl (C=O) groups excluding carboxylic acids is 2. The molecule has 2 aromatic rings. The fraction of sp³-hybridized carbons (Fsp3) is 0.500. The standard InChI is InChI=1S/C28H36ClN3O4/c1-18(2)25(36-26-16-20(35-3)8-9-23(26)29)12-15-31-13-10-19(11-14-31)32-24-7-5-4-6-21(24)22(28(32)34)17-27(30)33/h4-9,16,18-19,22,25H,10-15,17H2,1-3H3,(H2,30,33). The molecule has 2 atom stereocenters. The predicted molar refractivity (Wildman–Crippen MR) is 142 cm³/mol. The van der Waals surface area contributed by atoms with Crippen LogP contribution in [0.25, 0.3) is 0 Å². The van der Waals surface area contributed by atoms with Crippen molar-refractivity contribution in [3.05, 3.63) is 53.1 Å². The van der Waals surface area contributed by atoms with Crippen LogP contribution >= 0.6 is 11.6 Å². The van der Waals surface area contributed by atoms with E-state index >= 15 is 0 Å². The number of amides is 2. The summed E-state index contributed by atoms with van der Waals surface area (Å²) in [6.45, 7) is 7.03. The molecule has 0 spiro atoms. The Kier molecular flexibility index (Phi) is 8.42. The van der Waals surface area contributed by atoms with E-state index in [0.29, 0.717) is 16.7 Å². The molecular formula is C28H36ClN3O4. The molecule has 2 aliphatic heterocycles. The molecule has 0 radical (unpaired) electrons. The van der Waals surface area contributed by atoms with E-state index in [4.69, 9.17) is 26.8 Å². The molecular weight excluding hydrogens is 478 g/mol. The van der Waals surface area contributed by atoms with Crippen molar-refractivity contribution >= 4 is 29.1 Å². The molecule has 194 valence electrons. The van der Waals surface area contributed by atoms with Gasteiger partial charge in [-0.1, -0.05) is 43.6 Å². The zero-order valence-corrected chi connectivity index (χ0v) is 22.0. The van der Waals surface area contributed by atoms with Gasteiger partial charge < -0.3 is 25.0 Å². The third-order valence-electron chi connectivity index (χ3n) is 7.32. The predicted octanol–water partition coefficient (Wildman–Crippen LogP) is 4.61. The summed E-state index contributed by atoms with van der Waals surface area (Å²) in [5, 5.41) is 0.576. The Hall–Kier alpha value is -2.77. The summed E-state index contributed by atoms with van der Waals surface area (Å²) in [6, 6.07) is 13.4. The highest BCUT2D eigenvalue weighted by Gasteiger charge is 2.41. The summed E-state index contributed by atoms with van der Waals surface area (Å²) in [7, 11) is 1.63. The summed E-state index contributed by atoms with van der Waals surface area (Å²) in [5.41, 5.74) is 7.28. The number of nitrogens with two attached hydrogens (primary N) is 1. The second-order valence-electron chi connectivity index (χ2n) is 10.0. The fourth-order valence-electron chi connectivity index (χ4n) is 5.30. The Morgan fingerprint density at radius 3 is 2.56 bits per heavy atom. The lowest BCUT2D eigenvalue weighted by Crippen LogP contribution is -2.47. The van der Waals surface area contributed by atoms with E-state index in [2.05, 4.69) is 18.7 Å². The number of primary amides is 1. The molecule has 2 N–H and O–H groups in total. The van der Waals surface area contributed by atoms with Crippen LogP contribution in [0.3, 0.4) is 0 Å². The number of hydrogen-bond acceptors (Lipinski definition) is 5. The number of likely N-dealkylation sites (tertiary alicyclic amines) is 1. The maximum Gasteiger partial charge on any atom is 0.235 e. The van der Waals surface area contributed by atoms with Crippen molar-refractivity contribution in [2.45, 2.75) is 57.6 Å². The van der Waals surface area contributed by atoms with Crippen LogP contribution in [0.15, 0.2) is 42.5 Å². The highest BCUT2D eigenvalue weighted by molar-refractivity contribution is 6.32. The Bertz CT molecular complexity index is 1080. The lowest BCUT2D eigenvalue weighted by Gasteiger charge is -2.37. The number of para-hydroxylation sites is 1. The van der Waals surface area contributed by atoms with Crippen LogP contribution in [0.2, 0.25) is 5.02 Å². The minimum atomic E-state index is -0.468. The van der Waals surface area contributed by atoms with Gasteiger partial charge in [-0.05, 0) is 48.9 Å². The van der Waals surface area contributed by atoms with E-state index in [-0.39, 0.29) is 24.5 Å². The van der Waals surface area contributed by atoms with Gasteiger partial charge in [0.05, 0.1) is 18.1 Å². The lowest BCUT2D eigenvalue weighted by atomic mass is 9.97. The number of piperidine rings is 1. The third kappa shape index (κ3) is 5.79. The zero-order valence-electron chi connectivity index (χ0n) is 21.3. The van der Waals surface area contributed by atoms with Crippen LogP contribution in [0.4, 0.5) is 5.69 Å². The van der Waals surface area contributed by atoms with Crippen molar-refractivity contribution in [1.82, 2.24) is 4.90 Å². The van der Waals surface area contributed by atoms with Gasteiger partial charge in [-0.15, -0.1) is 0 Å². The number of nitrogens with zero attached hydrogens (tertiary/aromatic N) is 2. The van der Waals surface area contributed by atoms with Crippen molar-refractivity contribution < 1.29 is 19.1 Å². The van der Waals surface area contributed by atoms with Crippen molar-refractivity contribution in [3.8, 4) is 11.5 Å². The Labute approximate surface area is 218 Å². The first kappa shape index (κ1) is 26.3. The minimum Gasteiger partial charge on any atom is -0.497 e. The average Bonchev–Trinajstić information content (AvgIpc) is 3.13. The molecule has 36 heavy (non-hydrogen) atoms. The van der Waals surface area contributed by atoms with E-state index in [1.54, 1.807) is 13.2 Å². The van der Waals surface area contributed by atoms with E-state index in [9.17, 15) is 9.59 Å². The van der Waals surface area contributed by atoms with Gasteiger partial charge in [0.15, 0.2) is 0 Å². The highest BCUT2D eigenvalue weighted by Crippen LogP contribution is 2.41. The Morgan fingerprint density at radius 2 is 1.89 bits per heavy atom. The SMILES string of the molecule is COc1ccc(Cl)c(OC(CCN2CCC(N3C(=O)C(CC(N)=O)c4ccccc43)CC2)C(C)C)c1. The number of carbonyl (C=O) groups is 2. The summed E-state index contributed by atoms with van der Waals surface area (Å²) in [6.07, 6.45) is 2.73. The van der Waals surface area contributed by atoms with Crippen LogP contribution in [0.1, 0.15) is 51.0 Å². The van der Waals surface area contributed by atoms with Crippen molar-refractivity contribution in [2.24, 2.45) is 11.7 Å². The van der Waals surface area contributed by atoms with Gasteiger partial charge in [0.1, 0.15) is 17.6 Å². The smallest absolute Gasteiger partial charge is 0.235 e. The van der Waals surface area contributed by atoms with Gasteiger partial charge in [-0.25, -0.2) is 0 Å². The molecule has 2 aromatic carbocycles. The first-order valence-electron chi connectivity index (χ1n) is 12.7. The Morgan fingerprint density at radius 1 is 1.17 bits per heavy atom. The maximum atomic E-state index is 13.3. The van der Waals surface area contributed by atoms with Gasteiger partial charge in [0.25, 0.3) is 0 Å². The van der Waals surface area contributed by atoms with Crippen LogP contribution < -0.4 is 20.1 Å². The number of anilines is 1. The molecule has 8 heteroatoms. The summed E-state index contributed by atoms with van der Waals surface area (Å²) < 4.78 is 11.6. The second-order valence-corrected chi connectivity index (χ2v) is 10.5. The highest BCUT2D eigenvalue weighted by atomic mass is 35.5. The molecule has 4 rings (SSSR count). The molecule has 2 unspecified atom stereocenters. The summed E-state index contributed by atoms with van der Waals surface area (Å²) in [4.78, 5) is 29.2. The molecule has 0 aliphatic carbocycles. The number of rotatable bonds is 10. The Balaban J connectivity index is 1.35. The minimum absolute atomic E-state index is 0.00288. The first-order chi connectivity index (χ1) is 17.3. The van der Waals surface area contributed by atoms with Gasteiger partial charge in [-0.3, -0.25) is 9.59 Å². The summed E-state index contributed by atoms with van der Waals surface area (Å²) >= 11 is 6.37. The van der Waals surface area contributed by atoms with Crippen molar-refractivity contribution in [1.29, 1.82) is 0 Å². The molecule has 2 heterocycles. The van der Waals surface area contributed by atoms with Gasteiger partial charge in [0, 0.05) is 43.9 Å². The molecule has 7 nitrogen and oxygen atoms in total. The molecule has 1 saturated heterocycles. The monoisotopic (exact) mass is 513 g/mol. The van der Waals surface area contributed by atoms with Gasteiger partial charge >= 0.3 is 0 Å². The molecule has 1 fully saturated rings. The molecule has 0 saturated carbocycles. The number of halogens is 1. The zero-order chi connectivity index (χ0) is 25.8. The molecule has 2 amide bonds. The maximum absolute atomic E-state index is 13.3. The van der Waals surface area contributed by atoms with Crippen LogP contribution in [0.5, 0.6) is 11.5 Å². The van der Waals surface area contributed by atoms with E-state index in [1.807, 2.05) is 41.3 Å². The number of ether oxygens (including phenoxy) is 2. The van der Waals surface area contributed by atoms with Crippen molar-refractivity contribution in [2.75, 3.05) is 31.6 Å².